The summed E-state index contributed by atoms with van der Waals surface area (Å²) >= 11 is 0. The van der Waals surface area contributed by atoms with Crippen molar-refractivity contribution in [2.45, 2.75) is 46.6 Å². The van der Waals surface area contributed by atoms with Gasteiger partial charge in [-0.15, -0.1) is 0 Å². The smallest absolute Gasteiger partial charge is 0.0260 e. The molecule has 0 aromatic carbocycles. The van der Waals surface area contributed by atoms with Gasteiger partial charge in [0.25, 0.3) is 0 Å². The standard InChI is InChI=1S/C11H25NOS/c1-5-11(4)9-14(13)8-6-7-12-10(2)3/h10-12H,5-9H2,1-4H3. The molecule has 2 unspecified atom stereocenters. The Labute approximate surface area is 91.3 Å². The van der Waals surface area contributed by atoms with Gasteiger partial charge in [-0.1, -0.05) is 34.1 Å². The Kier molecular flexibility index (Phi) is 8.49. The van der Waals surface area contributed by atoms with Crippen molar-refractivity contribution in [1.82, 2.24) is 5.32 Å². The van der Waals surface area contributed by atoms with Crippen molar-refractivity contribution in [3.05, 3.63) is 0 Å². The zero-order valence-corrected chi connectivity index (χ0v) is 10.8. The predicted octanol–water partition coefficient (Wildman–Crippen LogP) is 2.17. The van der Waals surface area contributed by atoms with Gasteiger partial charge in [0, 0.05) is 28.3 Å². The lowest BCUT2D eigenvalue weighted by molar-refractivity contribution is 0.580. The topological polar surface area (TPSA) is 29.1 Å². The van der Waals surface area contributed by atoms with Gasteiger partial charge >= 0.3 is 0 Å². The van der Waals surface area contributed by atoms with E-state index in [-0.39, 0.29) is 0 Å². The van der Waals surface area contributed by atoms with Crippen molar-refractivity contribution < 1.29 is 4.21 Å². The second-order valence-corrected chi connectivity index (χ2v) is 5.91. The Bertz CT molecular complexity index is 159. The first-order valence-electron chi connectivity index (χ1n) is 5.64. The van der Waals surface area contributed by atoms with Crippen LogP contribution in [0.25, 0.3) is 0 Å². The second-order valence-electron chi connectivity index (χ2n) is 4.29. The van der Waals surface area contributed by atoms with Crippen LogP contribution in [0.3, 0.4) is 0 Å². The highest BCUT2D eigenvalue weighted by molar-refractivity contribution is 7.84. The van der Waals surface area contributed by atoms with E-state index in [0.29, 0.717) is 12.0 Å². The molecular formula is C11H25NOS. The summed E-state index contributed by atoms with van der Waals surface area (Å²) in [6.45, 7) is 9.59. The van der Waals surface area contributed by atoms with Crippen LogP contribution in [-0.4, -0.2) is 28.3 Å². The Morgan fingerprint density at radius 3 is 2.43 bits per heavy atom. The molecule has 0 amide bonds. The van der Waals surface area contributed by atoms with Crippen LogP contribution in [0.1, 0.15) is 40.5 Å². The van der Waals surface area contributed by atoms with Gasteiger partial charge in [-0.3, -0.25) is 4.21 Å². The van der Waals surface area contributed by atoms with Gasteiger partial charge in [0.05, 0.1) is 0 Å². The van der Waals surface area contributed by atoms with Gasteiger partial charge in [0.15, 0.2) is 0 Å². The van der Waals surface area contributed by atoms with Crippen molar-refractivity contribution in [3.8, 4) is 0 Å². The fraction of sp³-hybridized carbons (Fsp3) is 1.00. The summed E-state index contributed by atoms with van der Waals surface area (Å²) in [4.78, 5) is 0. The molecule has 0 aliphatic carbocycles. The van der Waals surface area contributed by atoms with Crippen LogP contribution in [0.2, 0.25) is 0 Å². The summed E-state index contributed by atoms with van der Waals surface area (Å²) < 4.78 is 11.5. The zero-order chi connectivity index (χ0) is 11.0. The van der Waals surface area contributed by atoms with Gasteiger partial charge < -0.3 is 5.32 Å². The van der Waals surface area contributed by atoms with E-state index in [0.717, 1.165) is 30.9 Å². The van der Waals surface area contributed by atoms with Gasteiger partial charge in [0.1, 0.15) is 0 Å². The van der Waals surface area contributed by atoms with Gasteiger partial charge in [-0.25, -0.2) is 0 Å². The number of hydrogen-bond acceptors (Lipinski definition) is 2. The first-order chi connectivity index (χ1) is 6.56. The molecule has 0 aliphatic rings. The highest BCUT2D eigenvalue weighted by Gasteiger charge is 2.05. The second kappa shape index (κ2) is 8.42. The van der Waals surface area contributed by atoms with Crippen LogP contribution in [0.4, 0.5) is 0 Å². The lowest BCUT2D eigenvalue weighted by atomic mass is 10.2. The van der Waals surface area contributed by atoms with Crippen LogP contribution in [0.5, 0.6) is 0 Å². The van der Waals surface area contributed by atoms with Crippen molar-refractivity contribution >= 4 is 10.8 Å². The molecule has 0 radical (unpaired) electrons. The summed E-state index contributed by atoms with van der Waals surface area (Å²) in [6.07, 6.45) is 2.16. The summed E-state index contributed by atoms with van der Waals surface area (Å²) in [5, 5.41) is 3.33. The zero-order valence-electron chi connectivity index (χ0n) is 10.0. The molecule has 0 rings (SSSR count). The monoisotopic (exact) mass is 219 g/mol. The maximum atomic E-state index is 11.5. The van der Waals surface area contributed by atoms with Gasteiger partial charge in [0.2, 0.25) is 0 Å². The van der Waals surface area contributed by atoms with Crippen LogP contribution in [-0.2, 0) is 10.8 Å². The molecule has 0 spiro atoms. The molecule has 0 aliphatic heterocycles. The Hall–Kier alpha value is 0.110. The minimum absolute atomic E-state index is 0.540. The lowest BCUT2D eigenvalue weighted by Crippen LogP contribution is -2.25. The highest BCUT2D eigenvalue weighted by atomic mass is 32.2. The van der Waals surface area contributed by atoms with E-state index in [1.54, 1.807) is 0 Å². The molecular weight excluding hydrogens is 194 g/mol. The molecule has 0 bridgehead atoms. The van der Waals surface area contributed by atoms with Crippen LogP contribution >= 0.6 is 0 Å². The summed E-state index contributed by atoms with van der Waals surface area (Å²) in [5.74, 6) is 2.33. The average Bonchev–Trinajstić information content (AvgIpc) is 2.12. The molecule has 3 heteroatoms. The molecule has 0 fully saturated rings. The maximum absolute atomic E-state index is 11.5. The molecule has 86 valence electrons. The van der Waals surface area contributed by atoms with Crippen molar-refractivity contribution in [1.29, 1.82) is 0 Å². The van der Waals surface area contributed by atoms with E-state index in [9.17, 15) is 4.21 Å². The first-order valence-corrected chi connectivity index (χ1v) is 7.13. The Morgan fingerprint density at radius 1 is 1.29 bits per heavy atom. The summed E-state index contributed by atoms with van der Waals surface area (Å²) in [6, 6.07) is 0.540. The first kappa shape index (κ1) is 14.1. The molecule has 0 saturated carbocycles. The number of nitrogens with one attached hydrogen (secondary N) is 1. The van der Waals surface area contributed by atoms with Crippen molar-refractivity contribution in [3.63, 3.8) is 0 Å². The third-order valence-corrected chi connectivity index (χ3v) is 3.95. The summed E-state index contributed by atoms with van der Waals surface area (Å²) in [5.41, 5.74) is 0. The minimum atomic E-state index is -0.605. The SMILES string of the molecule is CCC(C)CS(=O)CCCNC(C)C. The number of hydrogen-bond donors (Lipinski definition) is 1. The van der Waals surface area contributed by atoms with Crippen LogP contribution in [0, 0.1) is 5.92 Å². The quantitative estimate of drug-likeness (QED) is 0.634. The van der Waals surface area contributed by atoms with Crippen molar-refractivity contribution in [2.75, 3.05) is 18.1 Å². The molecule has 2 nitrogen and oxygen atoms in total. The summed E-state index contributed by atoms with van der Waals surface area (Å²) in [7, 11) is -0.605. The van der Waals surface area contributed by atoms with E-state index in [4.69, 9.17) is 0 Å². The van der Waals surface area contributed by atoms with E-state index >= 15 is 0 Å². The average molecular weight is 219 g/mol. The molecule has 2 atom stereocenters. The Morgan fingerprint density at radius 2 is 1.93 bits per heavy atom. The molecule has 0 saturated heterocycles. The Balaban J connectivity index is 3.36. The molecule has 14 heavy (non-hydrogen) atoms. The largest absolute Gasteiger partial charge is 0.315 e. The molecule has 0 heterocycles. The maximum Gasteiger partial charge on any atom is 0.0260 e. The highest BCUT2D eigenvalue weighted by Crippen LogP contribution is 2.03. The lowest BCUT2D eigenvalue weighted by Gasteiger charge is -2.09. The van der Waals surface area contributed by atoms with Crippen LogP contribution < -0.4 is 5.32 Å². The third-order valence-electron chi connectivity index (χ3n) is 2.27. The van der Waals surface area contributed by atoms with Gasteiger partial charge in [-0.2, -0.15) is 0 Å². The van der Waals surface area contributed by atoms with E-state index in [2.05, 4.69) is 33.0 Å². The fourth-order valence-corrected chi connectivity index (χ4v) is 2.65. The minimum Gasteiger partial charge on any atom is -0.315 e. The van der Waals surface area contributed by atoms with Gasteiger partial charge in [-0.05, 0) is 18.9 Å². The normalized spacial score (nSPS) is 15.8. The molecule has 0 aromatic heterocycles. The molecule has 0 aromatic rings. The van der Waals surface area contributed by atoms with E-state index in [1.807, 2.05) is 0 Å². The predicted molar refractivity (Wildman–Crippen MR) is 65.1 cm³/mol. The number of rotatable bonds is 8. The van der Waals surface area contributed by atoms with E-state index < -0.39 is 10.8 Å². The molecule has 1 N–H and O–H groups in total. The van der Waals surface area contributed by atoms with Crippen molar-refractivity contribution in [2.24, 2.45) is 5.92 Å². The fourth-order valence-electron chi connectivity index (χ4n) is 1.14. The van der Waals surface area contributed by atoms with E-state index in [1.165, 1.54) is 0 Å². The van der Waals surface area contributed by atoms with Crippen LogP contribution in [0.15, 0.2) is 0 Å². The third kappa shape index (κ3) is 8.70.